The van der Waals surface area contributed by atoms with Crippen molar-refractivity contribution in [1.82, 2.24) is 0 Å². The third kappa shape index (κ3) is 10.3. The largest absolute Gasteiger partial charge is 0.120 e. The summed E-state index contributed by atoms with van der Waals surface area (Å²) < 4.78 is 0.834. The van der Waals surface area contributed by atoms with Crippen LogP contribution in [0.1, 0.15) is 45.4 Å². The average molecular weight is 264 g/mol. The summed E-state index contributed by atoms with van der Waals surface area (Å²) >= 11 is 2.48. The van der Waals surface area contributed by atoms with E-state index in [1.165, 1.54) is 32.1 Å². The molecule has 0 bridgehead atoms. The monoisotopic (exact) mass is 264 g/mol. The van der Waals surface area contributed by atoms with Gasteiger partial charge in [0.05, 0.1) is 0 Å². The molecule has 0 N–H and O–H groups in total. The second-order valence-electron chi connectivity index (χ2n) is 2.94. The molecule has 0 saturated heterocycles. The summed E-state index contributed by atoms with van der Waals surface area (Å²) in [5.41, 5.74) is 0. The lowest BCUT2D eigenvalue weighted by Crippen LogP contribution is -1.88. The van der Waals surface area contributed by atoms with Crippen LogP contribution >= 0.6 is 22.6 Å². The van der Waals surface area contributed by atoms with Crippen molar-refractivity contribution in [2.75, 3.05) is 0 Å². The van der Waals surface area contributed by atoms with Crippen LogP contribution in [0, 0.1) is 12.3 Å². The zero-order chi connectivity index (χ0) is 8.53. The van der Waals surface area contributed by atoms with Gasteiger partial charge in [0.1, 0.15) is 0 Å². The summed E-state index contributed by atoms with van der Waals surface area (Å²) in [6.45, 7) is 2.27. The molecule has 0 fully saturated rings. The fourth-order valence-electron chi connectivity index (χ4n) is 1.01. The Kier molecular flexibility index (Phi) is 8.61. The van der Waals surface area contributed by atoms with E-state index >= 15 is 0 Å². The number of alkyl halides is 1. The maximum atomic E-state index is 5.14. The van der Waals surface area contributed by atoms with Gasteiger partial charge in [-0.1, -0.05) is 48.8 Å². The van der Waals surface area contributed by atoms with Gasteiger partial charge >= 0.3 is 0 Å². The number of terminal acetylenes is 1. The smallest absolute Gasteiger partial charge is 0.00860 e. The first-order chi connectivity index (χ1) is 5.27. The fourth-order valence-corrected chi connectivity index (χ4v) is 1.45. The van der Waals surface area contributed by atoms with E-state index in [2.05, 4.69) is 35.4 Å². The molecule has 0 heterocycles. The molecule has 0 aliphatic carbocycles. The molecule has 1 heteroatoms. The molecule has 0 rings (SSSR count). The number of halogens is 1. The zero-order valence-corrected chi connectivity index (χ0v) is 9.43. The summed E-state index contributed by atoms with van der Waals surface area (Å²) in [6.07, 6.45) is 12.7. The van der Waals surface area contributed by atoms with Gasteiger partial charge in [0.15, 0.2) is 0 Å². The van der Waals surface area contributed by atoms with Crippen LogP contribution < -0.4 is 0 Å². The van der Waals surface area contributed by atoms with Gasteiger partial charge in [0, 0.05) is 10.3 Å². The van der Waals surface area contributed by atoms with E-state index in [9.17, 15) is 0 Å². The second kappa shape index (κ2) is 8.39. The Labute approximate surface area is 84.3 Å². The van der Waals surface area contributed by atoms with Gasteiger partial charge < -0.3 is 0 Å². The van der Waals surface area contributed by atoms with Crippen LogP contribution in [0.5, 0.6) is 0 Å². The van der Waals surface area contributed by atoms with Gasteiger partial charge in [-0.3, -0.25) is 0 Å². The first-order valence-corrected chi connectivity index (χ1v) is 5.59. The van der Waals surface area contributed by atoms with E-state index in [1.807, 2.05) is 0 Å². The van der Waals surface area contributed by atoms with Crippen molar-refractivity contribution >= 4 is 22.6 Å². The quantitative estimate of drug-likeness (QED) is 0.296. The molecule has 0 aromatic rings. The Hall–Kier alpha value is 0.290. The molecule has 0 amide bonds. The molecule has 0 aliphatic rings. The average Bonchev–Trinajstić information content (AvgIpc) is 1.96. The van der Waals surface area contributed by atoms with Crippen LogP contribution in [0.25, 0.3) is 0 Å². The molecule has 0 aromatic heterocycles. The van der Waals surface area contributed by atoms with Crippen molar-refractivity contribution < 1.29 is 0 Å². The Morgan fingerprint density at radius 1 is 1.27 bits per heavy atom. The molecule has 0 aromatic carbocycles. The van der Waals surface area contributed by atoms with Gasteiger partial charge in [-0.2, -0.15) is 0 Å². The maximum Gasteiger partial charge on any atom is 0.00860 e. The molecule has 0 radical (unpaired) electrons. The first kappa shape index (κ1) is 11.3. The van der Waals surface area contributed by atoms with E-state index < -0.39 is 0 Å². The normalized spacial score (nSPS) is 12.5. The molecule has 0 spiro atoms. The van der Waals surface area contributed by atoms with Crippen molar-refractivity contribution in [2.24, 2.45) is 0 Å². The van der Waals surface area contributed by atoms with E-state index in [-0.39, 0.29) is 0 Å². The molecular formula is C10H17I. The van der Waals surface area contributed by atoms with Crippen molar-refractivity contribution in [1.29, 1.82) is 0 Å². The minimum absolute atomic E-state index is 0.834. The molecule has 1 unspecified atom stereocenters. The molecule has 1 atom stereocenters. The third-order valence-electron chi connectivity index (χ3n) is 1.67. The van der Waals surface area contributed by atoms with Crippen LogP contribution in [-0.2, 0) is 0 Å². The van der Waals surface area contributed by atoms with Gasteiger partial charge in [-0.25, -0.2) is 0 Å². The highest BCUT2D eigenvalue weighted by molar-refractivity contribution is 14.1. The predicted molar refractivity (Wildman–Crippen MR) is 60.0 cm³/mol. The van der Waals surface area contributed by atoms with Crippen molar-refractivity contribution in [3.8, 4) is 12.3 Å². The van der Waals surface area contributed by atoms with Crippen LogP contribution in [0.2, 0.25) is 0 Å². The molecule has 64 valence electrons. The van der Waals surface area contributed by atoms with Crippen molar-refractivity contribution in [3.63, 3.8) is 0 Å². The number of unbranched alkanes of at least 4 members (excludes halogenated alkanes) is 4. The van der Waals surface area contributed by atoms with E-state index in [0.717, 1.165) is 10.3 Å². The topological polar surface area (TPSA) is 0 Å². The van der Waals surface area contributed by atoms with Crippen LogP contribution in [-0.4, -0.2) is 3.92 Å². The zero-order valence-electron chi connectivity index (χ0n) is 7.28. The summed E-state index contributed by atoms with van der Waals surface area (Å²) in [7, 11) is 0. The summed E-state index contributed by atoms with van der Waals surface area (Å²) in [4.78, 5) is 0. The van der Waals surface area contributed by atoms with E-state index in [0.29, 0.717) is 0 Å². The van der Waals surface area contributed by atoms with Crippen LogP contribution in [0.15, 0.2) is 0 Å². The van der Waals surface area contributed by atoms with Crippen LogP contribution in [0.4, 0.5) is 0 Å². The van der Waals surface area contributed by atoms with Gasteiger partial charge in [-0.05, 0) is 12.8 Å². The Bertz CT molecular complexity index is 111. The van der Waals surface area contributed by atoms with Crippen LogP contribution in [0.3, 0.4) is 0 Å². The Morgan fingerprint density at radius 2 is 1.91 bits per heavy atom. The highest BCUT2D eigenvalue weighted by Gasteiger charge is 1.94. The molecule has 0 saturated carbocycles. The van der Waals surface area contributed by atoms with Crippen molar-refractivity contribution in [3.05, 3.63) is 0 Å². The Balaban J connectivity index is 2.86. The lowest BCUT2D eigenvalue weighted by molar-refractivity contribution is 0.624. The number of hydrogen-bond acceptors (Lipinski definition) is 0. The maximum absolute atomic E-state index is 5.14. The highest BCUT2D eigenvalue weighted by Crippen LogP contribution is 2.11. The van der Waals surface area contributed by atoms with Crippen molar-refractivity contribution in [2.45, 2.75) is 49.4 Å². The van der Waals surface area contributed by atoms with Gasteiger partial charge in [-0.15, -0.1) is 12.3 Å². The number of rotatable bonds is 6. The molecule has 11 heavy (non-hydrogen) atoms. The van der Waals surface area contributed by atoms with E-state index in [1.54, 1.807) is 0 Å². The molecule has 0 nitrogen and oxygen atoms in total. The minimum atomic E-state index is 0.834. The summed E-state index contributed by atoms with van der Waals surface area (Å²) in [6, 6.07) is 0. The van der Waals surface area contributed by atoms with E-state index in [4.69, 9.17) is 6.42 Å². The van der Waals surface area contributed by atoms with Gasteiger partial charge in [0.25, 0.3) is 0 Å². The minimum Gasteiger partial charge on any atom is -0.120 e. The van der Waals surface area contributed by atoms with Gasteiger partial charge in [0.2, 0.25) is 0 Å². The summed E-state index contributed by atoms with van der Waals surface area (Å²) in [5.74, 6) is 2.67. The lowest BCUT2D eigenvalue weighted by atomic mass is 10.1. The first-order valence-electron chi connectivity index (χ1n) is 4.35. The highest BCUT2D eigenvalue weighted by atomic mass is 127. The lowest BCUT2D eigenvalue weighted by Gasteiger charge is -2.01. The summed E-state index contributed by atoms with van der Waals surface area (Å²) in [5, 5.41) is 0. The molecular weight excluding hydrogens is 247 g/mol. The number of hydrogen-bond donors (Lipinski definition) is 0. The second-order valence-corrected chi connectivity index (χ2v) is 5.06. The Morgan fingerprint density at radius 3 is 2.45 bits per heavy atom. The predicted octanol–water partition coefficient (Wildman–Crippen LogP) is 3.78. The SMILES string of the molecule is C#CCCCCCCC(C)I. The standard InChI is InChI=1S/C10H17I/c1-3-4-5-6-7-8-9-10(2)11/h1,10H,4-9H2,2H3. The molecule has 0 aliphatic heterocycles. The third-order valence-corrected chi connectivity index (χ3v) is 2.30. The fraction of sp³-hybridized carbons (Fsp3) is 0.800.